The van der Waals surface area contributed by atoms with Gasteiger partial charge in [-0.05, 0) is 34.1 Å². The fourth-order valence-corrected chi connectivity index (χ4v) is 2.61. The fourth-order valence-electron chi connectivity index (χ4n) is 2.21. The van der Waals surface area contributed by atoms with Gasteiger partial charge in [0.15, 0.2) is 33.8 Å². The van der Waals surface area contributed by atoms with Crippen molar-refractivity contribution in [1.82, 2.24) is 0 Å². The van der Waals surface area contributed by atoms with Crippen molar-refractivity contribution in [3.8, 4) is 0 Å². The van der Waals surface area contributed by atoms with E-state index in [-0.39, 0.29) is 29.1 Å². The third-order valence-corrected chi connectivity index (χ3v) is 3.75. The molecule has 0 saturated heterocycles. The van der Waals surface area contributed by atoms with E-state index in [4.69, 9.17) is 13.9 Å². The standard InChI is InChI=1S/C15H21F5O3Si/c1-7(2)21-15(23-24,22-8(3)4)6-5-9-10(16)12(18)14(20)13(19)11(9)17/h7-8H,5-6H2,1-4,24H3. The van der Waals surface area contributed by atoms with E-state index in [2.05, 4.69) is 0 Å². The maximum Gasteiger partial charge on any atom is 0.273 e. The monoisotopic (exact) mass is 372 g/mol. The third-order valence-electron chi connectivity index (χ3n) is 3.12. The largest absolute Gasteiger partial charge is 0.380 e. The molecule has 0 bridgehead atoms. The number of hydrogen-bond acceptors (Lipinski definition) is 3. The fraction of sp³-hybridized carbons (Fsp3) is 0.600. The summed E-state index contributed by atoms with van der Waals surface area (Å²) in [5.41, 5.74) is -0.922. The Morgan fingerprint density at radius 3 is 1.50 bits per heavy atom. The average molecular weight is 372 g/mol. The van der Waals surface area contributed by atoms with Crippen molar-refractivity contribution in [1.29, 1.82) is 0 Å². The van der Waals surface area contributed by atoms with E-state index in [9.17, 15) is 22.0 Å². The van der Waals surface area contributed by atoms with Gasteiger partial charge in [-0.15, -0.1) is 0 Å². The number of benzene rings is 1. The van der Waals surface area contributed by atoms with Crippen molar-refractivity contribution >= 4 is 10.5 Å². The van der Waals surface area contributed by atoms with Crippen LogP contribution >= 0.6 is 0 Å². The molecule has 0 atom stereocenters. The molecule has 1 aromatic carbocycles. The van der Waals surface area contributed by atoms with Gasteiger partial charge in [-0.25, -0.2) is 22.0 Å². The van der Waals surface area contributed by atoms with E-state index in [1.54, 1.807) is 27.7 Å². The highest BCUT2D eigenvalue weighted by Gasteiger charge is 2.36. The quantitative estimate of drug-likeness (QED) is 0.231. The smallest absolute Gasteiger partial charge is 0.273 e. The molecule has 0 radical (unpaired) electrons. The van der Waals surface area contributed by atoms with Gasteiger partial charge in [-0.1, -0.05) is 0 Å². The summed E-state index contributed by atoms with van der Waals surface area (Å²) in [6.07, 6.45) is -1.42. The van der Waals surface area contributed by atoms with E-state index >= 15 is 0 Å². The highest BCUT2D eigenvalue weighted by atomic mass is 28.2. The lowest BCUT2D eigenvalue weighted by Crippen LogP contribution is -2.43. The molecule has 0 aliphatic rings. The van der Waals surface area contributed by atoms with Crippen LogP contribution in [0.25, 0.3) is 0 Å². The van der Waals surface area contributed by atoms with E-state index in [0.29, 0.717) is 0 Å². The summed E-state index contributed by atoms with van der Waals surface area (Å²) in [5, 5.41) is 0. The van der Waals surface area contributed by atoms with Crippen LogP contribution in [0.1, 0.15) is 39.7 Å². The molecule has 0 fully saturated rings. The molecular weight excluding hydrogens is 351 g/mol. The molecule has 0 unspecified atom stereocenters. The molecule has 1 aromatic rings. The summed E-state index contributed by atoms with van der Waals surface area (Å²) < 4.78 is 83.7. The summed E-state index contributed by atoms with van der Waals surface area (Å²) in [6.45, 7) is 6.82. The molecule has 1 rings (SSSR count). The van der Waals surface area contributed by atoms with Gasteiger partial charge in [-0.3, -0.25) is 0 Å². The van der Waals surface area contributed by atoms with Gasteiger partial charge in [0.05, 0.1) is 12.2 Å². The molecule has 0 amide bonds. The minimum absolute atomic E-state index is 0.179. The van der Waals surface area contributed by atoms with Crippen molar-refractivity contribution in [3.05, 3.63) is 34.6 Å². The highest BCUT2D eigenvalue weighted by Crippen LogP contribution is 2.29. The second kappa shape index (κ2) is 8.37. The second-order valence-electron chi connectivity index (χ2n) is 5.77. The van der Waals surface area contributed by atoms with Crippen LogP contribution in [-0.2, 0) is 20.3 Å². The van der Waals surface area contributed by atoms with Crippen molar-refractivity contribution < 1.29 is 35.9 Å². The zero-order valence-corrected chi connectivity index (χ0v) is 16.2. The Kier molecular flexibility index (Phi) is 7.33. The van der Waals surface area contributed by atoms with Crippen molar-refractivity contribution in [2.24, 2.45) is 0 Å². The topological polar surface area (TPSA) is 27.7 Å². The van der Waals surface area contributed by atoms with Crippen LogP contribution < -0.4 is 0 Å². The molecule has 9 heteroatoms. The first-order valence-corrected chi connectivity index (χ1v) is 8.27. The molecule has 138 valence electrons. The van der Waals surface area contributed by atoms with Gasteiger partial charge in [0.25, 0.3) is 5.97 Å². The minimum atomic E-state index is -2.18. The minimum Gasteiger partial charge on any atom is -0.380 e. The van der Waals surface area contributed by atoms with Crippen molar-refractivity contribution in [2.75, 3.05) is 0 Å². The van der Waals surface area contributed by atoms with E-state index in [0.717, 1.165) is 0 Å². The molecule has 24 heavy (non-hydrogen) atoms. The third kappa shape index (κ3) is 4.75. The predicted octanol–water partition coefficient (Wildman–Crippen LogP) is 3.12. The van der Waals surface area contributed by atoms with Crippen LogP contribution in [0.3, 0.4) is 0 Å². The van der Waals surface area contributed by atoms with Gasteiger partial charge in [0, 0.05) is 12.0 Å². The Morgan fingerprint density at radius 2 is 1.17 bits per heavy atom. The Hall–Kier alpha value is -1.03. The van der Waals surface area contributed by atoms with E-state index in [1.807, 2.05) is 0 Å². The second-order valence-corrected chi connectivity index (χ2v) is 6.18. The van der Waals surface area contributed by atoms with Crippen LogP contribution in [0.15, 0.2) is 0 Å². The van der Waals surface area contributed by atoms with Gasteiger partial charge in [-0.2, -0.15) is 0 Å². The Bertz CT molecular complexity index is 542. The first kappa shape index (κ1) is 21.0. The number of ether oxygens (including phenoxy) is 2. The first-order chi connectivity index (χ1) is 11.0. The maximum absolute atomic E-state index is 13.8. The SMILES string of the molecule is CC(C)OC(CCc1c(F)c(F)c(F)c(F)c1F)(O[SiH3])OC(C)C. The molecule has 0 heterocycles. The average Bonchev–Trinajstić information content (AvgIpc) is 2.49. The summed E-state index contributed by atoms with van der Waals surface area (Å²) >= 11 is 0. The summed E-state index contributed by atoms with van der Waals surface area (Å²) in [6, 6.07) is 0. The van der Waals surface area contributed by atoms with Crippen LogP contribution in [0.4, 0.5) is 22.0 Å². The molecule has 0 aliphatic carbocycles. The van der Waals surface area contributed by atoms with Crippen LogP contribution in [0, 0.1) is 29.1 Å². The summed E-state index contributed by atoms with van der Waals surface area (Å²) in [7, 11) is 0.179. The van der Waals surface area contributed by atoms with E-state index in [1.165, 1.54) is 0 Å². The lowest BCUT2D eigenvalue weighted by molar-refractivity contribution is -0.368. The lowest BCUT2D eigenvalue weighted by Gasteiger charge is -2.36. The molecule has 0 aliphatic heterocycles. The zero-order chi connectivity index (χ0) is 18.7. The Balaban J connectivity index is 3.15. The van der Waals surface area contributed by atoms with Crippen molar-refractivity contribution in [2.45, 2.75) is 58.7 Å². The number of halogens is 5. The Labute approximate surface area is 140 Å². The van der Waals surface area contributed by atoms with Crippen molar-refractivity contribution in [3.63, 3.8) is 0 Å². The van der Waals surface area contributed by atoms with Gasteiger partial charge in [0.1, 0.15) is 0 Å². The summed E-state index contributed by atoms with van der Waals surface area (Å²) in [5.74, 6) is -11.5. The van der Waals surface area contributed by atoms with Crippen LogP contribution in [0.2, 0.25) is 0 Å². The molecule has 0 N–H and O–H groups in total. The normalized spacial score (nSPS) is 12.6. The molecule has 0 saturated carbocycles. The highest BCUT2D eigenvalue weighted by molar-refractivity contribution is 5.98. The van der Waals surface area contributed by atoms with E-state index < -0.39 is 47.0 Å². The zero-order valence-electron chi connectivity index (χ0n) is 14.2. The molecular formula is C15H21F5O3Si. The van der Waals surface area contributed by atoms with Crippen LogP contribution in [0.5, 0.6) is 0 Å². The number of hydrogen-bond donors (Lipinski definition) is 0. The lowest BCUT2D eigenvalue weighted by atomic mass is 10.1. The summed E-state index contributed by atoms with van der Waals surface area (Å²) in [4.78, 5) is 0. The van der Waals surface area contributed by atoms with Gasteiger partial charge >= 0.3 is 0 Å². The Morgan fingerprint density at radius 1 is 0.792 bits per heavy atom. The maximum atomic E-state index is 13.8. The number of rotatable bonds is 8. The first-order valence-electron chi connectivity index (χ1n) is 7.45. The van der Waals surface area contributed by atoms with Crippen LogP contribution in [-0.4, -0.2) is 28.7 Å². The van der Waals surface area contributed by atoms with Gasteiger partial charge in [0.2, 0.25) is 5.82 Å². The predicted molar refractivity (Wildman–Crippen MR) is 80.8 cm³/mol. The molecule has 3 nitrogen and oxygen atoms in total. The van der Waals surface area contributed by atoms with Gasteiger partial charge < -0.3 is 13.9 Å². The molecule has 0 aromatic heterocycles. The molecule has 0 spiro atoms.